The van der Waals surface area contributed by atoms with Crippen molar-refractivity contribution in [2.24, 2.45) is 11.8 Å². The molecule has 2 heterocycles. The minimum Gasteiger partial charge on any atom is -0.288 e. The van der Waals surface area contributed by atoms with Crippen LogP contribution >= 0.6 is 0 Å². The van der Waals surface area contributed by atoms with Crippen LogP contribution in [0.2, 0.25) is 0 Å². The van der Waals surface area contributed by atoms with Crippen molar-refractivity contribution in [2.45, 2.75) is 32.4 Å². The third kappa shape index (κ3) is 2.28. The van der Waals surface area contributed by atoms with Crippen molar-refractivity contribution >= 4 is 23.2 Å². The van der Waals surface area contributed by atoms with Crippen LogP contribution in [0, 0.1) is 11.8 Å². The average Bonchev–Trinajstić information content (AvgIpc) is 3.01. The lowest BCUT2D eigenvalue weighted by Crippen LogP contribution is -2.56. The van der Waals surface area contributed by atoms with Crippen LogP contribution < -0.4 is 9.80 Å². The number of hydrogen-bond donors (Lipinski definition) is 0. The number of hydrogen-bond acceptors (Lipinski definition) is 2. The number of carbonyl (C=O) groups is 2. The Morgan fingerprint density at radius 2 is 1.08 bits per heavy atom. The van der Waals surface area contributed by atoms with Gasteiger partial charge in [-0.1, -0.05) is 50.2 Å². The first-order valence-corrected chi connectivity index (χ1v) is 8.83. The Labute approximate surface area is 148 Å². The first kappa shape index (κ1) is 15.9. The molecular weight excluding hydrogens is 312 g/mol. The Balaban J connectivity index is 1.90. The van der Waals surface area contributed by atoms with Crippen molar-refractivity contribution in [3.05, 3.63) is 60.7 Å². The van der Waals surface area contributed by atoms with E-state index in [-0.39, 0.29) is 23.7 Å². The van der Waals surface area contributed by atoms with Crippen LogP contribution in [0.5, 0.6) is 0 Å². The predicted octanol–water partition coefficient (Wildman–Crippen LogP) is 3.83. The topological polar surface area (TPSA) is 40.6 Å². The highest BCUT2D eigenvalue weighted by Crippen LogP contribution is 2.50. The second-order valence-corrected chi connectivity index (χ2v) is 7.21. The molecule has 2 aliphatic rings. The van der Waals surface area contributed by atoms with Gasteiger partial charge in [-0.3, -0.25) is 19.4 Å². The zero-order valence-corrected chi connectivity index (χ0v) is 14.6. The Kier molecular flexibility index (Phi) is 3.64. The molecular formula is C21H22N2O2. The van der Waals surface area contributed by atoms with Gasteiger partial charge < -0.3 is 0 Å². The summed E-state index contributed by atoms with van der Waals surface area (Å²) in [4.78, 5) is 29.8. The Bertz CT molecular complexity index is 734. The lowest BCUT2D eigenvalue weighted by atomic mass is 9.95. The first-order chi connectivity index (χ1) is 12.0. The van der Waals surface area contributed by atoms with Crippen LogP contribution in [0.4, 0.5) is 11.4 Å². The van der Waals surface area contributed by atoms with Gasteiger partial charge in [0.1, 0.15) is 5.66 Å². The van der Waals surface area contributed by atoms with E-state index in [0.29, 0.717) is 12.8 Å². The molecule has 4 heteroatoms. The van der Waals surface area contributed by atoms with Gasteiger partial charge in [0.15, 0.2) is 0 Å². The molecule has 128 valence electrons. The molecule has 0 radical (unpaired) electrons. The minimum atomic E-state index is -0.615. The summed E-state index contributed by atoms with van der Waals surface area (Å²) >= 11 is 0. The number of anilines is 2. The molecule has 2 fully saturated rings. The van der Waals surface area contributed by atoms with Crippen molar-refractivity contribution in [2.75, 3.05) is 9.80 Å². The fraction of sp³-hybridized carbons (Fsp3) is 0.333. The van der Waals surface area contributed by atoms with E-state index in [4.69, 9.17) is 0 Å². The van der Waals surface area contributed by atoms with Gasteiger partial charge in [-0.05, 0) is 24.3 Å². The second-order valence-electron chi connectivity index (χ2n) is 7.21. The molecule has 0 saturated carbocycles. The smallest absolute Gasteiger partial charge is 0.231 e. The van der Waals surface area contributed by atoms with Gasteiger partial charge in [0.25, 0.3) is 0 Å². The zero-order chi connectivity index (χ0) is 17.6. The molecule has 2 saturated heterocycles. The third-order valence-electron chi connectivity index (χ3n) is 5.41. The van der Waals surface area contributed by atoms with Crippen LogP contribution in [-0.2, 0) is 9.59 Å². The number of amides is 2. The highest BCUT2D eigenvalue weighted by Gasteiger charge is 2.60. The normalized spacial score (nSPS) is 29.0. The maximum absolute atomic E-state index is 13.0. The van der Waals surface area contributed by atoms with Gasteiger partial charge in [-0.25, -0.2) is 0 Å². The number of rotatable bonds is 2. The molecule has 2 aliphatic heterocycles. The third-order valence-corrected chi connectivity index (χ3v) is 5.41. The lowest BCUT2D eigenvalue weighted by molar-refractivity contribution is -0.120. The van der Waals surface area contributed by atoms with Crippen molar-refractivity contribution in [1.29, 1.82) is 0 Å². The van der Waals surface area contributed by atoms with E-state index in [2.05, 4.69) is 0 Å². The number of carbonyl (C=O) groups excluding carboxylic acids is 2. The Morgan fingerprint density at radius 3 is 1.44 bits per heavy atom. The van der Waals surface area contributed by atoms with E-state index in [0.717, 1.165) is 11.4 Å². The molecule has 2 unspecified atom stereocenters. The quantitative estimate of drug-likeness (QED) is 0.837. The van der Waals surface area contributed by atoms with Gasteiger partial charge in [-0.15, -0.1) is 0 Å². The largest absolute Gasteiger partial charge is 0.288 e. The fourth-order valence-electron chi connectivity index (χ4n) is 4.44. The van der Waals surface area contributed by atoms with E-state index in [1.807, 2.05) is 84.3 Å². The summed E-state index contributed by atoms with van der Waals surface area (Å²) in [5.41, 5.74) is 1.11. The molecule has 2 aromatic rings. The van der Waals surface area contributed by atoms with Crippen molar-refractivity contribution in [3.63, 3.8) is 0 Å². The molecule has 0 N–H and O–H groups in total. The van der Waals surface area contributed by atoms with Crippen molar-refractivity contribution in [3.8, 4) is 0 Å². The average molecular weight is 334 g/mol. The summed E-state index contributed by atoms with van der Waals surface area (Å²) in [5, 5.41) is 0. The van der Waals surface area contributed by atoms with E-state index in [1.165, 1.54) is 0 Å². The highest BCUT2D eigenvalue weighted by atomic mass is 16.2. The molecule has 0 aromatic heterocycles. The summed E-state index contributed by atoms with van der Waals surface area (Å²) in [6.45, 7) is 3.92. The van der Waals surface area contributed by atoms with Gasteiger partial charge in [0.05, 0.1) is 0 Å². The first-order valence-electron chi connectivity index (χ1n) is 8.83. The van der Waals surface area contributed by atoms with Gasteiger partial charge >= 0.3 is 0 Å². The van der Waals surface area contributed by atoms with Crippen molar-refractivity contribution < 1.29 is 9.59 Å². The summed E-state index contributed by atoms with van der Waals surface area (Å²) in [6.07, 6.45) is 1.32. The molecule has 1 spiro atoms. The monoisotopic (exact) mass is 334 g/mol. The molecule has 25 heavy (non-hydrogen) atoms. The summed E-state index contributed by atoms with van der Waals surface area (Å²) in [5.74, 6) is -0.0305. The van der Waals surface area contributed by atoms with Crippen LogP contribution in [-0.4, -0.2) is 17.5 Å². The van der Waals surface area contributed by atoms with E-state index >= 15 is 0 Å². The molecule has 0 aliphatic carbocycles. The predicted molar refractivity (Wildman–Crippen MR) is 98.1 cm³/mol. The Hall–Kier alpha value is -2.62. The van der Waals surface area contributed by atoms with Gasteiger partial charge in [0.2, 0.25) is 11.8 Å². The van der Waals surface area contributed by atoms with Crippen LogP contribution in [0.3, 0.4) is 0 Å². The number of benzene rings is 2. The molecule has 4 rings (SSSR count). The SMILES string of the molecule is CC1CC2(CC(C)C(=O)N2c2ccccc2)N(c2ccccc2)C1=O. The molecule has 4 nitrogen and oxygen atoms in total. The summed E-state index contributed by atoms with van der Waals surface area (Å²) < 4.78 is 0. The maximum atomic E-state index is 13.0. The van der Waals surface area contributed by atoms with Crippen LogP contribution in [0.1, 0.15) is 26.7 Å². The summed E-state index contributed by atoms with van der Waals surface area (Å²) in [7, 11) is 0. The molecule has 2 aromatic carbocycles. The van der Waals surface area contributed by atoms with Crippen molar-refractivity contribution in [1.82, 2.24) is 0 Å². The maximum Gasteiger partial charge on any atom is 0.231 e. The van der Waals surface area contributed by atoms with E-state index in [1.54, 1.807) is 0 Å². The molecule has 0 bridgehead atoms. The number of nitrogens with zero attached hydrogens (tertiary/aromatic N) is 2. The van der Waals surface area contributed by atoms with Crippen LogP contribution in [0.15, 0.2) is 60.7 Å². The highest BCUT2D eigenvalue weighted by molar-refractivity contribution is 6.07. The van der Waals surface area contributed by atoms with E-state index < -0.39 is 5.66 Å². The number of para-hydroxylation sites is 2. The second kappa shape index (κ2) is 5.73. The lowest BCUT2D eigenvalue weighted by Gasteiger charge is -2.42. The molecule has 2 amide bonds. The van der Waals surface area contributed by atoms with Gasteiger partial charge in [-0.2, -0.15) is 0 Å². The Morgan fingerprint density at radius 1 is 0.720 bits per heavy atom. The minimum absolute atomic E-state index is 0.0917. The zero-order valence-electron chi connectivity index (χ0n) is 14.6. The van der Waals surface area contributed by atoms with Gasteiger partial charge in [0, 0.05) is 36.1 Å². The fourth-order valence-corrected chi connectivity index (χ4v) is 4.44. The molecule has 2 atom stereocenters. The van der Waals surface area contributed by atoms with E-state index in [9.17, 15) is 9.59 Å². The standard InChI is InChI=1S/C21H22N2O2/c1-15-13-21(22(19(15)24)17-9-5-3-6-10-17)14-16(2)20(25)23(21)18-11-7-4-8-12-18/h3-12,15-16H,13-14H2,1-2H3. The summed E-state index contributed by atoms with van der Waals surface area (Å²) in [6, 6.07) is 19.4. The van der Waals surface area contributed by atoms with Crippen LogP contribution in [0.25, 0.3) is 0 Å².